The maximum atomic E-state index is 11.2. The average molecular weight is 206 g/mol. The lowest BCUT2D eigenvalue weighted by Gasteiger charge is -2.06. The van der Waals surface area contributed by atoms with Crippen molar-refractivity contribution in [1.29, 1.82) is 0 Å². The highest BCUT2D eigenvalue weighted by Crippen LogP contribution is 1.91. The maximum absolute atomic E-state index is 11.2. The van der Waals surface area contributed by atoms with Crippen LogP contribution in [0.1, 0.15) is 19.8 Å². The molecule has 3 N–H and O–H groups in total. The lowest BCUT2D eigenvalue weighted by Crippen LogP contribution is -2.30. The van der Waals surface area contributed by atoms with E-state index in [0.29, 0.717) is 19.4 Å². The Labute approximate surface area is 80.3 Å². The third-order valence-corrected chi connectivity index (χ3v) is 2.93. The number of rotatable bonds is 7. The maximum Gasteiger partial charge on any atom is 0.211 e. The van der Waals surface area contributed by atoms with E-state index in [1.54, 1.807) is 6.08 Å². The zero-order chi connectivity index (χ0) is 10.3. The van der Waals surface area contributed by atoms with Gasteiger partial charge < -0.3 is 5.73 Å². The normalized spacial score (nSPS) is 14.0. The summed E-state index contributed by atoms with van der Waals surface area (Å²) in [5.74, 6) is 0.107. The van der Waals surface area contributed by atoms with Crippen LogP contribution in [0, 0.1) is 0 Å². The highest BCUT2D eigenvalue weighted by Gasteiger charge is 2.07. The fraction of sp³-hybridized carbons (Fsp3) is 0.750. The minimum absolute atomic E-state index is 0.0297. The number of nitrogens with one attached hydrogen (secondary N) is 1. The molecule has 0 rings (SSSR count). The number of sulfonamides is 1. The van der Waals surface area contributed by atoms with Crippen LogP contribution < -0.4 is 10.5 Å². The van der Waals surface area contributed by atoms with Gasteiger partial charge in [0.05, 0.1) is 5.75 Å². The molecule has 0 amide bonds. The molecule has 1 unspecified atom stereocenters. The van der Waals surface area contributed by atoms with E-state index in [1.165, 1.54) is 0 Å². The van der Waals surface area contributed by atoms with Gasteiger partial charge in [-0.15, -0.1) is 6.58 Å². The molecule has 0 heterocycles. The SMILES string of the molecule is C=CCCS(=O)(=O)NCCC(C)N. The summed E-state index contributed by atoms with van der Waals surface area (Å²) in [6, 6.07) is 0.0297. The second-order valence-corrected chi connectivity index (χ2v) is 4.98. The average Bonchev–Trinajstić information content (AvgIpc) is 2.00. The van der Waals surface area contributed by atoms with Gasteiger partial charge >= 0.3 is 0 Å². The van der Waals surface area contributed by atoms with Gasteiger partial charge in [0.1, 0.15) is 0 Å². The van der Waals surface area contributed by atoms with Gasteiger partial charge in [-0.1, -0.05) is 6.08 Å². The molecule has 5 heteroatoms. The Morgan fingerprint density at radius 3 is 2.69 bits per heavy atom. The van der Waals surface area contributed by atoms with Crippen molar-refractivity contribution in [1.82, 2.24) is 4.72 Å². The van der Waals surface area contributed by atoms with Gasteiger partial charge in [0.25, 0.3) is 0 Å². The molecule has 0 aliphatic heterocycles. The highest BCUT2D eigenvalue weighted by atomic mass is 32.2. The molecule has 78 valence electrons. The van der Waals surface area contributed by atoms with Crippen LogP contribution in [0.3, 0.4) is 0 Å². The van der Waals surface area contributed by atoms with E-state index in [0.717, 1.165) is 0 Å². The van der Waals surface area contributed by atoms with Crippen LogP contribution >= 0.6 is 0 Å². The Bertz CT molecular complexity index is 235. The molecular formula is C8H18N2O2S. The van der Waals surface area contributed by atoms with Gasteiger partial charge in [-0.05, 0) is 19.8 Å². The first-order chi connectivity index (χ1) is 5.98. The molecule has 13 heavy (non-hydrogen) atoms. The summed E-state index contributed by atoms with van der Waals surface area (Å²) >= 11 is 0. The van der Waals surface area contributed by atoms with Crippen molar-refractivity contribution in [3.8, 4) is 0 Å². The zero-order valence-corrected chi connectivity index (χ0v) is 8.81. The van der Waals surface area contributed by atoms with Crippen LogP contribution in [-0.2, 0) is 10.0 Å². The van der Waals surface area contributed by atoms with Crippen LogP contribution in [-0.4, -0.2) is 26.8 Å². The smallest absolute Gasteiger partial charge is 0.211 e. The van der Waals surface area contributed by atoms with Crippen molar-refractivity contribution in [2.45, 2.75) is 25.8 Å². The van der Waals surface area contributed by atoms with E-state index < -0.39 is 10.0 Å². The van der Waals surface area contributed by atoms with Crippen molar-refractivity contribution in [3.63, 3.8) is 0 Å². The minimum Gasteiger partial charge on any atom is -0.328 e. The van der Waals surface area contributed by atoms with Crippen LogP contribution in [0.2, 0.25) is 0 Å². The van der Waals surface area contributed by atoms with Gasteiger partial charge in [-0.3, -0.25) is 0 Å². The Hall–Kier alpha value is -0.390. The second-order valence-electron chi connectivity index (χ2n) is 3.06. The summed E-state index contributed by atoms with van der Waals surface area (Å²) < 4.78 is 24.8. The summed E-state index contributed by atoms with van der Waals surface area (Å²) in [7, 11) is -3.12. The zero-order valence-electron chi connectivity index (χ0n) is 7.99. The van der Waals surface area contributed by atoms with Gasteiger partial charge in [0.15, 0.2) is 0 Å². The number of hydrogen-bond acceptors (Lipinski definition) is 3. The summed E-state index contributed by atoms with van der Waals surface area (Å²) in [4.78, 5) is 0. The van der Waals surface area contributed by atoms with E-state index in [1.807, 2.05) is 6.92 Å². The van der Waals surface area contributed by atoms with Crippen molar-refractivity contribution < 1.29 is 8.42 Å². The third-order valence-electron chi connectivity index (χ3n) is 1.51. The van der Waals surface area contributed by atoms with Crippen molar-refractivity contribution in [2.75, 3.05) is 12.3 Å². The van der Waals surface area contributed by atoms with Crippen molar-refractivity contribution in [2.24, 2.45) is 5.73 Å². The Morgan fingerprint density at radius 1 is 1.62 bits per heavy atom. The van der Waals surface area contributed by atoms with Gasteiger partial charge in [-0.2, -0.15) is 0 Å². The predicted molar refractivity (Wildman–Crippen MR) is 54.9 cm³/mol. The van der Waals surface area contributed by atoms with Crippen LogP contribution in [0.4, 0.5) is 0 Å². The topological polar surface area (TPSA) is 72.2 Å². The molecule has 0 saturated carbocycles. The quantitative estimate of drug-likeness (QED) is 0.585. The lowest BCUT2D eigenvalue weighted by atomic mass is 10.3. The summed E-state index contributed by atoms with van der Waals surface area (Å²) in [6.07, 6.45) is 2.73. The Balaban J connectivity index is 3.70. The molecule has 0 saturated heterocycles. The van der Waals surface area contributed by atoms with Crippen LogP contribution in [0.25, 0.3) is 0 Å². The molecule has 0 aliphatic carbocycles. The largest absolute Gasteiger partial charge is 0.328 e. The first-order valence-electron chi connectivity index (χ1n) is 4.32. The fourth-order valence-corrected chi connectivity index (χ4v) is 1.80. The first-order valence-corrected chi connectivity index (χ1v) is 5.97. The molecule has 1 atom stereocenters. The standard InChI is InChI=1S/C8H18N2O2S/c1-3-4-7-13(11,12)10-6-5-8(2)9/h3,8,10H,1,4-7,9H2,2H3. The van der Waals surface area contributed by atoms with Crippen molar-refractivity contribution >= 4 is 10.0 Å². The van der Waals surface area contributed by atoms with E-state index in [-0.39, 0.29) is 11.8 Å². The summed E-state index contributed by atoms with van der Waals surface area (Å²) in [5.41, 5.74) is 5.47. The molecule has 4 nitrogen and oxygen atoms in total. The van der Waals surface area contributed by atoms with E-state index >= 15 is 0 Å². The summed E-state index contributed by atoms with van der Waals surface area (Å²) in [6.45, 7) is 5.72. The van der Waals surface area contributed by atoms with Crippen molar-refractivity contribution in [3.05, 3.63) is 12.7 Å². The van der Waals surface area contributed by atoms with Crippen LogP contribution in [0.15, 0.2) is 12.7 Å². The second kappa shape index (κ2) is 6.12. The number of nitrogens with two attached hydrogens (primary N) is 1. The van der Waals surface area contributed by atoms with Crippen LogP contribution in [0.5, 0.6) is 0 Å². The fourth-order valence-electron chi connectivity index (χ4n) is 0.753. The molecule has 0 aromatic heterocycles. The molecule has 0 aromatic rings. The molecule has 0 aliphatic rings. The van der Waals surface area contributed by atoms with E-state index in [2.05, 4.69) is 11.3 Å². The van der Waals surface area contributed by atoms with Gasteiger partial charge in [0, 0.05) is 12.6 Å². The Morgan fingerprint density at radius 2 is 2.23 bits per heavy atom. The van der Waals surface area contributed by atoms with E-state index in [4.69, 9.17) is 5.73 Å². The highest BCUT2D eigenvalue weighted by molar-refractivity contribution is 7.89. The minimum atomic E-state index is -3.12. The molecule has 0 radical (unpaired) electrons. The molecular weight excluding hydrogens is 188 g/mol. The van der Waals surface area contributed by atoms with E-state index in [9.17, 15) is 8.42 Å². The third kappa shape index (κ3) is 7.95. The monoisotopic (exact) mass is 206 g/mol. The first kappa shape index (κ1) is 12.6. The lowest BCUT2D eigenvalue weighted by molar-refractivity contribution is 0.571. The molecule has 0 spiro atoms. The molecule has 0 aromatic carbocycles. The molecule has 0 bridgehead atoms. The van der Waals surface area contributed by atoms with Gasteiger partial charge in [-0.25, -0.2) is 13.1 Å². The predicted octanol–water partition coefficient (Wildman–Crippen LogP) is 0.219. The summed E-state index contributed by atoms with van der Waals surface area (Å²) in [5, 5.41) is 0. The number of allylic oxidation sites excluding steroid dienone is 1. The van der Waals surface area contributed by atoms with Gasteiger partial charge in [0.2, 0.25) is 10.0 Å². The number of hydrogen-bond donors (Lipinski definition) is 2. The molecule has 0 fully saturated rings. The Kier molecular flexibility index (Phi) is 5.94.